The molecule has 1 saturated heterocycles. The van der Waals surface area contributed by atoms with Crippen LogP contribution in [-0.2, 0) is 0 Å². The minimum Gasteiger partial charge on any atom is -0.329 e. The van der Waals surface area contributed by atoms with E-state index in [9.17, 15) is 0 Å². The van der Waals surface area contributed by atoms with Gasteiger partial charge >= 0.3 is 0 Å². The van der Waals surface area contributed by atoms with Gasteiger partial charge in [-0.05, 0) is 37.9 Å². The number of piperidine rings is 1. The summed E-state index contributed by atoms with van der Waals surface area (Å²) in [6.07, 6.45) is 5.34. The van der Waals surface area contributed by atoms with Crippen LogP contribution in [0.2, 0.25) is 5.02 Å². The molecule has 0 bridgehead atoms. The lowest BCUT2D eigenvalue weighted by atomic mass is 9.91. The molecule has 2 rings (SSSR count). The SMILES string of the molecule is CCCC1CCN(C(CN)c2cc(Cl)cs2)CC1. The quantitative estimate of drug-likeness (QED) is 0.889. The van der Waals surface area contributed by atoms with E-state index in [2.05, 4.69) is 17.9 Å². The first kappa shape index (κ1) is 14.3. The summed E-state index contributed by atoms with van der Waals surface area (Å²) in [5.41, 5.74) is 5.96. The molecule has 1 aromatic rings. The molecule has 2 heterocycles. The van der Waals surface area contributed by atoms with E-state index in [1.54, 1.807) is 11.3 Å². The second kappa shape index (κ2) is 6.90. The van der Waals surface area contributed by atoms with Crippen molar-refractivity contribution in [2.45, 2.75) is 38.6 Å². The molecule has 102 valence electrons. The Kier molecular flexibility index (Phi) is 5.49. The standard InChI is InChI=1S/C14H23ClN2S/c1-2-3-11-4-6-17(7-5-11)13(9-16)14-8-12(15)10-18-14/h8,10-11,13H,2-7,9,16H2,1H3. The van der Waals surface area contributed by atoms with Crippen LogP contribution in [0.4, 0.5) is 0 Å². The van der Waals surface area contributed by atoms with Gasteiger partial charge in [0, 0.05) is 16.8 Å². The highest BCUT2D eigenvalue weighted by molar-refractivity contribution is 7.10. The number of nitrogens with two attached hydrogens (primary N) is 1. The average Bonchev–Trinajstić information content (AvgIpc) is 2.79. The lowest BCUT2D eigenvalue weighted by Crippen LogP contribution is -2.39. The van der Waals surface area contributed by atoms with Gasteiger partial charge in [-0.1, -0.05) is 31.4 Å². The fourth-order valence-electron chi connectivity index (χ4n) is 2.91. The van der Waals surface area contributed by atoms with Gasteiger partial charge in [0.2, 0.25) is 0 Å². The van der Waals surface area contributed by atoms with Crippen molar-refractivity contribution in [1.29, 1.82) is 0 Å². The Labute approximate surface area is 119 Å². The molecular weight excluding hydrogens is 264 g/mol. The van der Waals surface area contributed by atoms with E-state index in [0.29, 0.717) is 12.6 Å². The van der Waals surface area contributed by atoms with Crippen LogP contribution in [0.1, 0.15) is 43.5 Å². The zero-order valence-electron chi connectivity index (χ0n) is 11.1. The van der Waals surface area contributed by atoms with Gasteiger partial charge in [0.15, 0.2) is 0 Å². The highest BCUT2D eigenvalue weighted by atomic mass is 35.5. The minimum atomic E-state index is 0.366. The van der Waals surface area contributed by atoms with Crippen LogP contribution in [0.25, 0.3) is 0 Å². The van der Waals surface area contributed by atoms with Crippen LogP contribution in [0, 0.1) is 5.92 Å². The van der Waals surface area contributed by atoms with Crippen molar-refractivity contribution in [1.82, 2.24) is 4.90 Å². The molecule has 1 aliphatic heterocycles. The molecule has 0 saturated carbocycles. The van der Waals surface area contributed by atoms with Gasteiger partial charge in [-0.15, -0.1) is 11.3 Å². The van der Waals surface area contributed by atoms with Crippen molar-refractivity contribution in [2.75, 3.05) is 19.6 Å². The molecule has 0 amide bonds. The number of likely N-dealkylation sites (tertiary alicyclic amines) is 1. The Morgan fingerprint density at radius 3 is 2.72 bits per heavy atom. The number of hydrogen-bond donors (Lipinski definition) is 1. The first-order valence-corrected chi connectivity index (χ1v) is 8.18. The third-order valence-electron chi connectivity index (χ3n) is 3.93. The Bertz CT molecular complexity index is 358. The highest BCUT2D eigenvalue weighted by Crippen LogP contribution is 2.32. The summed E-state index contributed by atoms with van der Waals surface area (Å²) >= 11 is 7.75. The summed E-state index contributed by atoms with van der Waals surface area (Å²) in [6, 6.07) is 2.44. The first-order valence-electron chi connectivity index (χ1n) is 6.92. The van der Waals surface area contributed by atoms with Gasteiger partial charge < -0.3 is 5.73 Å². The molecule has 1 fully saturated rings. The summed E-state index contributed by atoms with van der Waals surface area (Å²) in [5, 5.41) is 2.85. The van der Waals surface area contributed by atoms with E-state index in [1.807, 2.05) is 5.38 Å². The van der Waals surface area contributed by atoms with E-state index in [1.165, 1.54) is 43.6 Å². The Hall–Kier alpha value is -0.0900. The van der Waals surface area contributed by atoms with Gasteiger partial charge in [-0.2, -0.15) is 0 Å². The number of halogens is 1. The first-order chi connectivity index (χ1) is 8.74. The average molecular weight is 287 g/mol. The third-order valence-corrected chi connectivity index (χ3v) is 5.31. The molecule has 1 aromatic heterocycles. The van der Waals surface area contributed by atoms with Gasteiger partial charge in [0.05, 0.1) is 11.1 Å². The predicted molar refractivity (Wildman–Crippen MR) is 80.3 cm³/mol. The second-order valence-electron chi connectivity index (χ2n) is 5.19. The predicted octanol–water partition coefficient (Wildman–Crippen LogP) is 3.91. The third kappa shape index (κ3) is 3.47. The van der Waals surface area contributed by atoms with Crippen molar-refractivity contribution >= 4 is 22.9 Å². The Morgan fingerprint density at radius 1 is 1.50 bits per heavy atom. The number of hydrogen-bond acceptors (Lipinski definition) is 3. The summed E-state index contributed by atoms with van der Waals surface area (Å²) in [6.45, 7) is 5.34. The zero-order valence-corrected chi connectivity index (χ0v) is 12.6. The van der Waals surface area contributed by atoms with E-state index in [-0.39, 0.29) is 0 Å². The second-order valence-corrected chi connectivity index (χ2v) is 6.57. The summed E-state index contributed by atoms with van der Waals surface area (Å²) in [4.78, 5) is 3.85. The van der Waals surface area contributed by atoms with Crippen LogP contribution < -0.4 is 5.73 Å². The van der Waals surface area contributed by atoms with E-state index < -0.39 is 0 Å². The Balaban J connectivity index is 1.94. The van der Waals surface area contributed by atoms with Gasteiger partial charge in [0.25, 0.3) is 0 Å². The molecule has 1 atom stereocenters. The largest absolute Gasteiger partial charge is 0.329 e. The zero-order chi connectivity index (χ0) is 13.0. The maximum Gasteiger partial charge on any atom is 0.0564 e. The molecular formula is C14H23ClN2S. The van der Waals surface area contributed by atoms with Crippen molar-refractivity contribution in [3.8, 4) is 0 Å². The van der Waals surface area contributed by atoms with Crippen molar-refractivity contribution < 1.29 is 0 Å². The van der Waals surface area contributed by atoms with Crippen molar-refractivity contribution in [3.05, 3.63) is 21.3 Å². The summed E-state index contributed by atoms with van der Waals surface area (Å²) in [5.74, 6) is 0.927. The summed E-state index contributed by atoms with van der Waals surface area (Å²) in [7, 11) is 0. The van der Waals surface area contributed by atoms with E-state index >= 15 is 0 Å². The normalized spacial score (nSPS) is 20.2. The molecule has 1 unspecified atom stereocenters. The molecule has 0 aliphatic carbocycles. The smallest absolute Gasteiger partial charge is 0.0564 e. The number of thiophene rings is 1. The van der Waals surface area contributed by atoms with Crippen LogP contribution in [0.15, 0.2) is 11.4 Å². The highest BCUT2D eigenvalue weighted by Gasteiger charge is 2.25. The molecule has 2 nitrogen and oxygen atoms in total. The van der Waals surface area contributed by atoms with Crippen LogP contribution in [0.3, 0.4) is 0 Å². The van der Waals surface area contributed by atoms with Crippen molar-refractivity contribution in [3.63, 3.8) is 0 Å². The van der Waals surface area contributed by atoms with E-state index in [4.69, 9.17) is 17.3 Å². The Morgan fingerprint density at radius 2 is 2.22 bits per heavy atom. The fourth-order valence-corrected chi connectivity index (χ4v) is 4.14. The minimum absolute atomic E-state index is 0.366. The lowest BCUT2D eigenvalue weighted by Gasteiger charge is -2.36. The molecule has 0 spiro atoms. The van der Waals surface area contributed by atoms with Crippen LogP contribution in [0.5, 0.6) is 0 Å². The van der Waals surface area contributed by atoms with E-state index in [0.717, 1.165) is 10.9 Å². The lowest BCUT2D eigenvalue weighted by molar-refractivity contribution is 0.133. The monoisotopic (exact) mass is 286 g/mol. The molecule has 18 heavy (non-hydrogen) atoms. The van der Waals surface area contributed by atoms with Crippen LogP contribution >= 0.6 is 22.9 Å². The molecule has 4 heteroatoms. The number of nitrogens with zero attached hydrogens (tertiary/aromatic N) is 1. The fraction of sp³-hybridized carbons (Fsp3) is 0.714. The van der Waals surface area contributed by atoms with Gasteiger partial charge in [-0.25, -0.2) is 0 Å². The van der Waals surface area contributed by atoms with Gasteiger partial charge in [0.1, 0.15) is 0 Å². The van der Waals surface area contributed by atoms with Crippen LogP contribution in [-0.4, -0.2) is 24.5 Å². The van der Waals surface area contributed by atoms with Crippen molar-refractivity contribution in [2.24, 2.45) is 11.7 Å². The molecule has 0 aromatic carbocycles. The number of rotatable bonds is 5. The topological polar surface area (TPSA) is 29.3 Å². The maximum absolute atomic E-state index is 6.02. The molecule has 0 radical (unpaired) electrons. The summed E-state index contributed by atoms with van der Waals surface area (Å²) < 4.78 is 0. The molecule has 2 N–H and O–H groups in total. The maximum atomic E-state index is 6.02. The molecule has 1 aliphatic rings. The van der Waals surface area contributed by atoms with Gasteiger partial charge in [-0.3, -0.25) is 4.90 Å².